The number of fused-ring (bicyclic) bond motifs is 1. The van der Waals surface area contributed by atoms with Crippen LogP contribution in [0.4, 0.5) is 0 Å². The molecule has 3 N–H and O–H groups in total. The summed E-state index contributed by atoms with van der Waals surface area (Å²) < 4.78 is 11.6. The minimum Gasteiger partial charge on any atom is -0.489 e. The number of benzene rings is 2. The lowest BCUT2D eigenvalue weighted by atomic mass is 10.0. The number of carbonyl (C=O) groups is 4. The van der Waals surface area contributed by atoms with Crippen LogP contribution < -0.4 is 15.4 Å². The molecule has 2 aromatic rings. The highest BCUT2D eigenvalue weighted by Gasteiger charge is 2.40. The smallest absolute Gasteiger partial charge is 0.255 e. The average Bonchev–Trinajstić information content (AvgIpc) is 3.29. The molecule has 2 saturated heterocycles. The molecular formula is C28H32N4O7. The molecule has 2 atom stereocenters. The van der Waals surface area contributed by atoms with Gasteiger partial charge < -0.3 is 24.8 Å². The summed E-state index contributed by atoms with van der Waals surface area (Å²) >= 11 is 0. The van der Waals surface area contributed by atoms with Crippen molar-refractivity contribution < 1.29 is 33.8 Å². The number of hydrogen-bond acceptors (Lipinski definition) is 8. The summed E-state index contributed by atoms with van der Waals surface area (Å²) in [4.78, 5) is 52.4. The van der Waals surface area contributed by atoms with E-state index in [4.69, 9.17) is 14.6 Å². The van der Waals surface area contributed by atoms with Crippen LogP contribution in [0.15, 0.2) is 42.5 Å². The maximum absolute atomic E-state index is 13.0. The second kappa shape index (κ2) is 11.9. The Balaban J connectivity index is 1.25. The summed E-state index contributed by atoms with van der Waals surface area (Å²) in [5.74, 6) is -0.833. The Labute approximate surface area is 226 Å². The minimum atomic E-state index is -0.676. The molecule has 3 heterocycles. The molecular weight excluding hydrogens is 504 g/mol. The van der Waals surface area contributed by atoms with Crippen molar-refractivity contribution in [3.05, 3.63) is 64.7 Å². The quantitative estimate of drug-likeness (QED) is 0.394. The van der Waals surface area contributed by atoms with Gasteiger partial charge in [0.1, 0.15) is 25.0 Å². The topological polar surface area (TPSA) is 138 Å². The molecule has 0 saturated carbocycles. The molecule has 1 unspecified atom stereocenters. The third-order valence-electron chi connectivity index (χ3n) is 7.42. The second-order valence-electron chi connectivity index (χ2n) is 9.84. The van der Waals surface area contributed by atoms with E-state index in [1.807, 2.05) is 30.3 Å². The molecule has 206 valence electrons. The van der Waals surface area contributed by atoms with Crippen LogP contribution in [0, 0.1) is 0 Å². The van der Waals surface area contributed by atoms with Crippen LogP contribution in [0.25, 0.3) is 0 Å². The fourth-order valence-electron chi connectivity index (χ4n) is 5.30. The highest BCUT2D eigenvalue weighted by molar-refractivity contribution is 6.05. The van der Waals surface area contributed by atoms with E-state index in [-0.39, 0.29) is 37.4 Å². The molecule has 11 nitrogen and oxygen atoms in total. The maximum Gasteiger partial charge on any atom is 0.255 e. The van der Waals surface area contributed by atoms with Crippen molar-refractivity contribution in [1.29, 1.82) is 0 Å². The first-order valence-corrected chi connectivity index (χ1v) is 13.1. The van der Waals surface area contributed by atoms with Crippen LogP contribution in [-0.2, 0) is 32.3 Å². The Kier molecular flexibility index (Phi) is 8.20. The number of piperidine rings is 1. The lowest BCUT2D eigenvalue weighted by Gasteiger charge is -2.35. The second-order valence-corrected chi connectivity index (χ2v) is 9.84. The van der Waals surface area contributed by atoms with Crippen LogP contribution in [0.5, 0.6) is 5.75 Å². The van der Waals surface area contributed by atoms with Gasteiger partial charge in [0.15, 0.2) is 0 Å². The van der Waals surface area contributed by atoms with Gasteiger partial charge in [-0.1, -0.05) is 30.3 Å². The molecule has 0 bridgehead atoms. The molecule has 3 aliphatic heterocycles. The zero-order valence-corrected chi connectivity index (χ0v) is 21.6. The van der Waals surface area contributed by atoms with E-state index < -0.39 is 24.5 Å². The Bertz CT molecular complexity index is 1240. The number of carbonyl (C=O) groups excluding carboxylic acids is 4. The largest absolute Gasteiger partial charge is 0.489 e. The van der Waals surface area contributed by atoms with Gasteiger partial charge in [0.05, 0.1) is 25.8 Å². The van der Waals surface area contributed by atoms with Gasteiger partial charge in [-0.2, -0.15) is 0 Å². The van der Waals surface area contributed by atoms with E-state index in [1.165, 1.54) is 4.90 Å². The van der Waals surface area contributed by atoms with E-state index in [2.05, 4.69) is 15.5 Å². The average molecular weight is 537 g/mol. The number of morpholine rings is 1. The lowest BCUT2D eigenvalue weighted by molar-refractivity contribution is -0.137. The van der Waals surface area contributed by atoms with E-state index in [0.29, 0.717) is 37.5 Å². The molecule has 0 aliphatic carbocycles. The van der Waals surface area contributed by atoms with Gasteiger partial charge in [0, 0.05) is 37.2 Å². The fraction of sp³-hybridized carbons (Fsp3) is 0.429. The van der Waals surface area contributed by atoms with Gasteiger partial charge in [0.2, 0.25) is 17.7 Å². The molecule has 0 radical (unpaired) electrons. The zero-order valence-electron chi connectivity index (χ0n) is 21.6. The number of aliphatic hydroxyl groups is 1. The molecule has 11 heteroatoms. The van der Waals surface area contributed by atoms with Crippen molar-refractivity contribution in [3.63, 3.8) is 0 Å². The number of imide groups is 1. The monoisotopic (exact) mass is 536 g/mol. The van der Waals surface area contributed by atoms with Crippen LogP contribution in [-0.4, -0.2) is 84.0 Å². The van der Waals surface area contributed by atoms with Crippen LogP contribution in [0.3, 0.4) is 0 Å². The van der Waals surface area contributed by atoms with Crippen LogP contribution >= 0.6 is 0 Å². The summed E-state index contributed by atoms with van der Waals surface area (Å²) in [5, 5.41) is 14.2. The summed E-state index contributed by atoms with van der Waals surface area (Å²) in [7, 11) is 0. The number of rotatable bonds is 9. The predicted octanol–water partition coefficient (Wildman–Crippen LogP) is 0.508. The van der Waals surface area contributed by atoms with Crippen molar-refractivity contribution in [2.45, 2.75) is 38.1 Å². The van der Waals surface area contributed by atoms with E-state index in [1.54, 1.807) is 12.1 Å². The first-order valence-electron chi connectivity index (χ1n) is 13.1. The number of amides is 4. The van der Waals surface area contributed by atoms with E-state index >= 15 is 0 Å². The molecule has 39 heavy (non-hydrogen) atoms. The Morgan fingerprint density at radius 1 is 1.13 bits per heavy atom. The lowest BCUT2D eigenvalue weighted by Crippen LogP contribution is -2.52. The molecule has 2 fully saturated rings. The number of nitrogens with one attached hydrogen (secondary N) is 2. The highest BCUT2D eigenvalue weighted by atomic mass is 16.5. The normalized spacial score (nSPS) is 20.4. The summed E-state index contributed by atoms with van der Waals surface area (Å²) in [6, 6.07) is 12.5. The Morgan fingerprint density at radius 2 is 1.90 bits per heavy atom. The number of nitrogens with zero attached hydrogens (tertiary/aromatic N) is 2. The molecule has 0 aromatic heterocycles. The van der Waals surface area contributed by atoms with Crippen molar-refractivity contribution in [3.8, 4) is 5.75 Å². The SMILES string of the molecule is O=C(CO)NCC(c1ccc(COc2cccc3c2CN([C@H]2CCC(=O)NC2=O)C3=O)cc1)N1CCOCC1. The van der Waals surface area contributed by atoms with E-state index in [9.17, 15) is 19.2 Å². The van der Waals surface area contributed by atoms with Crippen LogP contribution in [0.2, 0.25) is 0 Å². The third-order valence-corrected chi connectivity index (χ3v) is 7.42. The summed E-state index contributed by atoms with van der Waals surface area (Å²) in [6.07, 6.45) is 0.512. The summed E-state index contributed by atoms with van der Waals surface area (Å²) in [5.41, 5.74) is 3.20. The Morgan fingerprint density at radius 3 is 2.62 bits per heavy atom. The maximum atomic E-state index is 13.0. The fourth-order valence-corrected chi connectivity index (χ4v) is 5.30. The van der Waals surface area contributed by atoms with Gasteiger partial charge >= 0.3 is 0 Å². The standard InChI is InChI=1S/C28H32N4O7/c33-16-26(35)29-14-23(31-10-12-38-13-11-31)19-6-4-18(5-7-19)17-39-24-3-1-2-20-21(24)15-32(28(20)37)22-8-9-25(34)30-27(22)36/h1-7,22-23,33H,8-17H2,(H,29,35)(H,30,34,36)/t22-,23?/m0/s1. The molecule has 0 spiro atoms. The predicted molar refractivity (Wildman–Crippen MR) is 138 cm³/mol. The van der Waals surface area contributed by atoms with Crippen LogP contribution in [0.1, 0.15) is 45.9 Å². The summed E-state index contributed by atoms with van der Waals surface area (Å²) in [6.45, 7) is 3.11. The van der Waals surface area contributed by atoms with Gasteiger partial charge in [-0.05, 0) is 29.7 Å². The van der Waals surface area contributed by atoms with Crippen molar-refractivity contribution in [1.82, 2.24) is 20.4 Å². The van der Waals surface area contributed by atoms with Crippen molar-refractivity contribution >= 4 is 23.6 Å². The number of hydrogen-bond donors (Lipinski definition) is 3. The molecule has 2 aromatic carbocycles. The molecule has 4 amide bonds. The van der Waals surface area contributed by atoms with Gasteiger partial charge in [-0.25, -0.2) is 0 Å². The Hall–Kier alpha value is -3.80. The minimum absolute atomic E-state index is 0.0546. The molecule has 3 aliphatic rings. The van der Waals surface area contributed by atoms with Crippen molar-refractivity contribution in [2.75, 3.05) is 39.5 Å². The molecule has 5 rings (SSSR count). The van der Waals surface area contributed by atoms with Crippen molar-refractivity contribution in [2.24, 2.45) is 0 Å². The number of ether oxygens (including phenoxy) is 2. The zero-order chi connectivity index (χ0) is 27.4. The van der Waals surface area contributed by atoms with Gasteiger partial charge in [-0.15, -0.1) is 0 Å². The highest BCUT2D eigenvalue weighted by Crippen LogP contribution is 2.34. The van der Waals surface area contributed by atoms with Gasteiger partial charge in [0.25, 0.3) is 5.91 Å². The van der Waals surface area contributed by atoms with E-state index in [0.717, 1.165) is 29.8 Å². The van der Waals surface area contributed by atoms with Gasteiger partial charge in [-0.3, -0.25) is 29.4 Å². The first-order chi connectivity index (χ1) is 18.9. The third kappa shape index (κ3) is 5.95. The first kappa shape index (κ1) is 26.8. The number of aliphatic hydroxyl groups excluding tert-OH is 1.